The average Bonchev–Trinajstić information content (AvgIpc) is 2.89. The fraction of sp³-hybridized carbons (Fsp3) is 0.600. The van der Waals surface area contributed by atoms with E-state index in [4.69, 9.17) is 0 Å². The minimum absolute atomic E-state index is 0.0988. The van der Waals surface area contributed by atoms with Gasteiger partial charge in [-0.2, -0.15) is 18.2 Å². The molecule has 3 heterocycles. The van der Waals surface area contributed by atoms with Crippen LogP contribution in [0.4, 0.5) is 36.3 Å². The van der Waals surface area contributed by atoms with Crippen molar-refractivity contribution < 1.29 is 18.4 Å². The maximum Gasteiger partial charge on any atom is 0.421 e. The van der Waals surface area contributed by atoms with Crippen molar-refractivity contribution in [1.29, 1.82) is 0 Å². The van der Waals surface area contributed by atoms with Gasteiger partial charge in [0.15, 0.2) is 0 Å². The molecular weight excluding hydrogens is 499 g/mol. The number of anilines is 4. The van der Waals surface area contributed by atoms with Gasteiger partial charge >= 0.3 is 6.18 Å². The van der Waals surface area contributed by atoms with Gasteiger partial charge in [-0.15, -0.1) is 0 Å². The van der Waals surface area contributed by atoms with Crippen molar-refractivity contribution in [3.63, 3.8) is 0 Å². The van der Waals surface area contributed by atoms with Crippen LogP contribution in [0.15, 0.2) is 24.4 Å². The smallest absolute Gasteiger partial charge is 0.369 e. The third-order valence-electron chi connectivity index (χ3n) is 7.02. The highest BCUT2D eigenvalue weighted by Gasteiger charge is 2.35. The van der Waals surface area contributed by atoms with Gasteiger partial charge in [0.25, 0.3) is 0 Å². The molecular formula is C25H38F3N9O. The van der Waals surface area contributed by atoms with E-state index < -0.39 is 11.7 Å². The summed E-state index contributed by atoms with van der Waals surface area (Å²) >= 11 is 0. The van der Waals surface area contributed by atoms with Gasteiger partial charge in [0, 0.05) is 77.0 Å². The van der Waals surface area contributed by atoms with Gasteiger partial charge in [-0.25, -0.2) is 15.0 Å². The van der Waals surface area contributed by atoms with Crippen molar-refractivity contribution in [2.75, 3.05) is 82.0 Å². The van der Waals surface area contributed by atoms with Crippen LogP contribution in [-0.4, -0.2) is 102 Å². The van der Waals surface area contributed by atoms with Crippen LogP contribution in [0.25, 0.3) is 0 Å². The number of benzene rings is 1. The molecule has 0 amide bonds. The van der Waals surface area contributed by atoms with Crippen molar-refractivity contribution in [3.05, 3.63) is 35.5 Å². The summed E-state index contributed by atoms with van der Waals surface area (Å²) < 4.78 is 41.0. The van der Waals surface area contributed by atoms with Crippen LogP contribution in [0.1, 0.15) is 30.9 Å². The first-order chi connectivity index (χ1) is 18.2. The minimum atomic E-state index is -4.59. The van der Waals surface area contributed by atoms with Crippen molar-refractivity contribution in [2.45, 2.75) is 32.4 Å². The number of aromatic nitrogens is 2. The lowest BCUT2D eigenvalue weighted by atomic mass is 10.1. The summed E-state index contributed by atoms with van der Waals surface area (Å²) in [5.41, 5.74) is 2.04. The molecule has 1 aromatic carbocycles. The van der Waals surface area contributed by atoms with Gasteiger partial charge in [-0.05, 0) is 55.4 Å². The highest BCUT2D eigenvalue weighted by atomic mass is 19.4. The van der Waals surface area contributed by atoms with Crippen molar-refractivity contribution in [2.24, 2.45) is 0 Å². The first kappa shape index (κ1) is 28.3. The lowest BCUT2D eigenvalue weighted by Gasteiger charge is -2.39. The van der Waals surface area contributed by atoms with Crippen LogP contribution in [0, 0.1) is 0 Å². The van der Waals surface area contributed by atoms with Gasteiger partial charge in [-0.3, -0.25) is 5.21 Å². The minimum Gasteiger partial charge on any atom is -0.369 e. The molecule has 0 atom stereocenters. The first-order valence-electron chi connectivity index (χ1n) is 13.1. The molecule has 0 aliphatic carbocycles. The second-order valence-electron chi connectivity index (χ2n) is 9.80. The summed E-state index contributed by atoms with van der Waals surface area (Å²) in [7, 11) is 3.89. The molecule has 2 aliphatic heterocycles. The van der Waals surface area contributed by atoms with Crippen molar-refractivity contribution >= 4 is 23.1 Å². The molecule has 2 aromatic rings. The van der Waals surface area contributed by atoms with Gasteiger partial charge in [0.1, 0.15) is 11.4 Å². The van der Waals surface area contributed by atoms with E-state index in [0.717, 1.165) is 74.0 Å². The van der Waals surface area contributed by atoms with E-state index in [0.29, 0.717) is 19.5 Å². The number of alkyl halides is 3. The summed E-state index contributed by atoms with van der Waals surface area (Å²) in [6.45, 7) is 8.14. The fourth-order valence-electron chi connectivity index (χ4n) is 4.71. The van der Waals surface area contributed by atoms with Crippen LogP contribution in [0.3, 0.4) is 0 Å². The first-order valence-corrected chi connectivity index (χ1v) is 13.1. The van der Waals surface area contributed by atoms with Crippen LogP contribution >= 0.6 is 0 Å². The highest BCUT2D eigenvalue weighted by Crippen LogP contribution is 2.34. The Morgan fingerprint density at radius 3 is 2.53 bits per heavy atom. The summed E-state index contributed by atoms with van der Waals surface area (Å²) in [5.74, 6) is -0.166. The van der Waals surface area contributed by atoms with Gasteiger partial charge in [0.2, 0.25) is 5.95 Å². The molecule has 3 N–H and O–H groups in total. The molecule has 0 radical (unpaired) electrons. The predicted octanol–water partition coefficient (Wildman–Crippen LogP) is 3.51. The van der Waals surface area contributed by atoms with E-state index >= 15 is 0 Å². The number of likely N-dealkylation sites (N-methyl/N-ethyl adjacent to an activating group) is 1. The average molecular weight is 538 g/mol. The Bertz CT molecular complexity index is 1060. The maximum atomic E-state index is 13.7. The Morgan fingerprint density at radius 1 is 1.05 bits per heavy atom. The highest BCUT2D eigenvalue weighted by molar-refractivity contribution is 5.65. The standard InChI is InChI=1S/C25H38F3N9O/c1-4-19-17-20(35-15-13-33(2)14-16-35)7-8-22(19)31-24-30-18-21(25(26,27)28)23(32-24)29-9-5-11-36-12-6-10-34(3)37(36)38/h7-8,17-18,38H,4-6,9-16H2,1-3H3,(H2,29,30,31,32). The van der Waals surface area contributed by atoms with Gasteiger partial charge < -0.3 is 20.4 Å². The largest absolute Gasteiger partial charge is 0.421 e. The number of hydrogen-bond donors (Lipinski definition) is 3. The zero-order chi connectivity index (χ0) is 27.3. The Hall–Kier alpha value is -2.71. The van der Waals surface area contributed by atoms with E-state index in [2.05, 4.69) is 43.5 Å². The molecule has 38 heavy (non-hydrogen) atoms. The van der Waals surface area contributed by atoms with E-state index in [1.807, 2.05) is 19.1 Å². The number of halogens is 3. The third-order valence-corrected chi connectivity index (χ3v) is 7.02. The molecule has 0 unspecified atom stereocenters. The molecule has 10 nitrogen and oxygen atoms in total. The van der Waals surface area contributed by atoms with Crippen molar-refractivity contribution in [3.8, 4) is 0 Å². The van der Waals surface area contributed by atoms with E-state index in [9.17, 15) is 18.4 Å². The second-order valence-corrected chi connectivity index (χ2v) is 9.80. The topological polar surface area (TPSA) is 86.3 Å². The molecule has 2 fully saturated rings. The number of rotatable bonds is 9. The van der Waals surface area contributed by atoms with Crippen LogP contribution in [0.5, 0.6) is 0 Å². The Kier molecular flexibility index (Phi) is 9.26. The maximum absolute atomic E-state index is 13.7. The van der Waals surface area contributed by atoms with Crippen molar-refractivity contribution in [1.82, 2.24) is 30.2 Å². The molecule has 2 aliphatic rings. The second kappa shape index (κ2) is 12.4. The fourth-order valence-corrected chi connectivity index (χ4v) is 4.71. The number of piperazine rings is 1. The molecule has 210 valence electrons. The number of nitrogens with one attached hydrogen (secondary N) is 2. The Labute approximate surface area is 221 Å². The zero-order valence-electron chi connectivity index (χ0n) is 22.3. The number of nitrogens with zero attached hydrogens (tertiary/aromatic N) is 7. The van der Waals surface area contributed by atoms with Gasteiger partial charge in [-0.1, -0.05) is 6.92 Å². The number of hydrogen-bond acceptors (Lipinski definition) is 10. The molecule has 13 heteroatoms. The number of aryl methyl sites for hydroxylation is 1. The lowest BCUT2D eigenvalue weighted by molar-refractivity contribution is -0.371. The molecule has 0 bridgehead atoms. The lowest BCUT2D eigenvalue weighted by Crippen LogP contribution is -2.55. The molecule has 0 saturated carbocycles. The van der Waals surface area contributed by atoms with E-state index in [-0.39, 0.29) is 18.3 Å². The monoisotopic (exact) mass is 537 g/mol. The molecule has 2 saturated heterocycles. The Balaban J connectivity index is 1.44. The zero-order valence-corrected chi connectivity index (χ0v) is 22.3. The third kappa shape index (κ3) is 7.03. The normalized spacial score (nSPS) is 18.7. The molecule has 4 rings (SSSR count). The van der Waals surface area contributed by atoms with E-state index in [1.54, 1.807) is 17.1 Å². The number of hydrazine groups is 2. The summed E-state index contributed by atoms with van der Waals surface area (Å²) in [6.07, 6.45) is -1.60. The SMILES string of the molecule is CCc1cc(N2CCN(C)CC2)ccc1Nc1ncc(C(F)(F)F)c(NCCCN2CCCN(C)N2O)n1. The predicted molar refractivity (Wildman–Crippen MR) is 141 cm³/mol. The quantitative estimate of drug-likeness (QED) is 0.413. The van der Waals surface area contributed by atoms with Gasteiger partial charge in [0.05, 0.1) is 0 Å². The molecule has 1 aromatic heterocycles. The summed E-state index contributed by atoms with van der Waals surface area (Å²) in [5, 5.41) is 20.6. The molecule has 0 spiro atoms. The Morgan fingerprint density at radius 2 is 1.82 bits per heavy atom. The van der Waals surface area contributed by atoms with Crippen LogP contribution in [0.2, 0.25) is 0 Å². The summed E-state index contributed by atoms with van der Waals surface area (Å²) in [4.78, 5) is 12.8. The van der Waals surface area contributed by atoms with Crippen LogP contribution < -0.4 is 15.5 Å². The van der Waals surface area contributed by atoms with E-state index in [1.165, 1.54) is 0 Å². The summed E-state index contributed by atoms with van der Waals surface area (Å²) in [6, 6.07) is 6.09. The van der Waals surface area contributed by atoms with Crippen LogP contribution in [-0.2, 0) is 12.6 Å².